The molecule has 1 unspecified atom stereocenters. The van der Waals surface area contributed by atoms with Crippen molar-refractivity contribution in [3.63, 3.8) is 0 Å². The van der Waals surface area contributed by atoms with Crippen molar-refractivity contribution in [2.24, 2.45) is 0 Å². The molecule has 0 bridgehead atoms. The molecular formula is C15H25Cl3N2O2. The van der Waals surface area contributed by atoms with Crippen LogP contribution in [0.2, 0.25) is 5.02 Å². The van der Waals surface area contributed by atoms with Crippen LogP contribution in [0.5, 0.6) is 5.75 Å². The second-order valence-corrected chi connectivity index (χ2v) is 5.59. The van der Waals surface area contributed by atoms with Gasteiger partial charge in [0.2, 0.25) is 0 Å². The van der Waals surface area contributed by atoms with E-state index in [4.69, 9.17) is 16.3 Å². The van der Waals surface area contributed by atoms with Gasteiger partial charge in [-0.25, -0.2) is 0 Å². The number of nitrogens with zero attached hydrogens (tertiary/aromatic N) is 2. The molecule has 1 aromatic rings. The SMILES string of the molecule is CCN1CCN(CC(O)COc2ccc(Cl)cc2)CC1.Cl.Cl. The van der Waals surface area contributed by atoms with Crippen molar-refractivity contribution in [3.8, 4) is 5.75 Å². The Morgan fingerprint density at radius 3 is 2.18 bits per heavy atom. The highest BCUT2D eigenvalue weighted by molar-refractivity contribution is 6.30. The molecule has 2 rings (SSSR count). The minimum Gasteiger partial charge on any atom is -0.491 e. The first-order valence-electron chi connectivity index (χ1n) is 7.18. The lowest BCUT2D eigenvalue weighted by molar-refractivity contribution is 0.0471. The molecule has 1 atom stereocenters. The Hall–Kier alpha value is -0.230. The van der Waals surface area contributed by atoms with E-state index in [1.807, 2.05) is 12.1 Å². The van der Waals surface area contributed by atoms with Crippen LogP contribution in [-0.4, -0.2) is 66.9 Å². The van der Waals surface area contributed by atoms with E-state index in [0.717, 1.165) is 38.5 Å². The molecule has 1 N–H and O–H groups in total. The molecule has 1 aromatic carbocycles. The maximum atomic E-state index is 10.0. The molecule has 1 saturated heterocycles. The third-order valence-corrected chi connectivity index (χ3v) is 3.89. The highest BCUT2D eigenvalue weighted by Gasteiger charge is 2.18. The zero-order chi connectivity index (χ0) is 14.4. The Morgan fingerprint density at radius 2 is 1.64 bits per heavy atom. The summed E-state index contributed by atoms with van der Waals surface area (Å²) >= 11 is 5.81. The molecule has 4 nitrogen and oxygen atoms in total. The zero-order valence-corrected chi connectivity index (χ0v) is 15.2. The third kappa shape index (κ3) is 7.36. The smallest absolute Gasteiger partial charge is 0.119 e. The molecular weight excluding hydrogens is 347 g/mol. The number of hydrogen-bond acceptors (Lipinski definition) is 4. The summed E-state index contributed by atoms with van der Waals surface area (Å²) in [7, 11) is 0. The molecule has 0 spiro atoms. The Kier molecular flexibility index (Phi) is 11.2. The van der Waals surface area contributed by atoms with Crippen LogP contribution in [0.3, 0.4) is 0 Å². The van der Waals surface area contributed by atoms with E-state index in [9.17, 15) is 5.11 Å². The fourth-order valence-corrected chi connectivity index (χ4v) is 2.49. The Labute approximate surface area is 150 Å². The maximum Gasteiger partial charge on any atom is 0.119 e. The number of aliphatic hydroxyl groups is 1. The van der Waals surface area contributed by atoms with E-state index in [2.05, 4.69) is 16.7 Å². The summed E-state index contributed by atoms with van der Waals surface area (Å²) in [6.45, 7) is 8.49. The summed E-state index contributed by atoms with van der Waals surface area (Å²) in [4.78, 5) is 4.72. The highest BCUT2D eigenvalue weighted by Crippen LogP contribution is 2.15. The quantitative estimate of drug-likeness (QED) is 0.834. The lowest BCUT2D eigenvalue weighted by atomic mass is 10.2. The number of halogens is 3. The van der Waals surface area contributed by atoms with Gasteiger partial charge in [-0.1, -0.05) is 18.5 Å². The van der Waals surface area contributed by atoms with Crippen molar-refractivity contribution >= 4 is 36.4 Å². The molecule has 1 aliphatic rings. The molecule has 0 aromatic heterocycles. The van der Waals surface area contributed by atoms with Gasteiger partial charge in [-0.15, -0.1) is 24.8 Å². The topological polar surface area (TPSA) is 35.9 Å². The van der Waals surface area contributed by atoms with Gasteiger partial charge in [-0.2, -0.15) is 0 Å². The van der Waals surface area contributed by atoms with Crippen molar-refractivity contribution in [2.45, 2.75) is 13.0 Å². The van der Waals surface area contributed by atoms with E-state index in [-0.39, 0.29) is 24.8 Å². The monoisotopic (exact) mass is 370 g/mol. The molecule has 0 amide bonds. The molecule has 128 valence electrons. The van der Waals surface area contributed by atoms with Crippen LogP contribution < -0.4 is 4.74 Å². The Balaban J connectivity index is 0.00000220. The predicted molar refractivity (Wildman–Crippen MR) is 96.0 cm³/mol. The van der Waals surface area contributed by atoms with Gasteiger partial charge >= 0.3 is 0 Å². The molecule has 0 aliphatic carbocycles. The third-order valence-electron chi connectivity index (χ3n) is 3.64. The van der Waals surface area contributed by atoms with E-state index in [1.54, 1.807) is 12.1 Å². The van der Waals surface area contributed by atoms with Crippen LogP contribution in [0, 0.1) is 0 Å². The van der Waals surface area contributed by atoms with Gasteiger partial charge in [0.1, 0.15) is 18.5 Å². The van der Waals surface area contributed by atoms with E-state index in [1.165, 1.54) is 0 Å². The first-order chi connectivity index (χ1) is 9.67. The van der Waals surface area contributed by atoms with Crippen molar-refractivity contribution in [1.82, 2.24) is 9.80 Å². The summed E-state index contributed by atoms with van der Waals surface area (Å²) < 4.78 is 5.56. The first kappa shape index (κ1) is 21.8. The van der Waals surface area contributed by atoms with Crippen LogP contribution in [-0.2, 0) is 0 Å². The number of benzene rings is 1. The Morgan fingerprint density at radius 1 is 1.09 bits per heavy atom. The lowest BCUT2D eigenvalue weighted by Gasteiger charge is -2.34. The molecule has 7 heteroatoms. The predicted octanol–water partition coefficient (Wildman–Crippen LogP) is 2.56. The Bertz CT molecular complexity index is 398. The molecule has 1 fully saturated rings. The average molecular weight is 372 g/mol. The number of rotatable bonds is 6. The molecule has 1 aliphatic heterocycles. The first-order valence-corrected chi connectivity index (χ1v) is 7.56. The van der Waals surface area contributed by atoms with Gasteiger partial charge in [0.05, 0.1) is 0 Å². The fraction of sp³-hybridized carbons (Fsp3) is 0.600. The van der Waals surface area contributed by atoms with Crippen molar-refractivity contribution in [1.29, 1.82) is 0 Å². The van der Waals surface area contributed by atoms with Crippen molar-refractivity contribution < 1.29 is 9.84 Å². The summed E-state index contributed by atoms with van der Waals surface area (Å²) in [6.07, 6.45) is -0.459. The molecule has 22 heavy (non-hydrogen) atoms. The van der Waals surface area contributed by atoms with Gasteiger partial charge in [-0.05, 0) is 30.8 Å². The number of hydrogen-bond donors (Lipinski definition) is 1. The van der Waals surface area contributed by atoms with Gasteiger partial charge in [-0.3, -0.25) is 4.90 Å². The van der Waals surface area contributed by atoms with Crippen LogP contribution in [0.15, 0.2) is 24.3 Å². The van der Waals surface area contributed by atoms with Crippen molar-refractivity contribution in [3.05, 3.63) is 29.3 Å². The summed E-state index contributed by atoms with van der Waals surface area (Å²) in [5.74, 6) is 0.740. The molecule has 1 heterocycles. The summed E-state index contributed by atoms with van der Waals surface area (Å²) in [5.41, 5.74) is 0. The normalized spacial score (nSPS) is 17.2. The van der Waals surface area contributed by atoms with Crippen LogP contribution in [0.1, 0.15) is 6.92 Å². The minimum atomic E-state index is -0.459. The van der Waals surface area contributed by atoms with Gasteiger partial charge in [0, 0.05) is 37.7 Å². The van der Waals surface area contributed by atoms with Gasteiger partial charge < -0.3 is 14.7 Å². The van der Waals surface area contributed by atoms with E-state index in [0.29, 0.717) is 18.2 Å². The number of aliphatic hydroxyl groups excluding tert-OH is 1. The number of piperazine rings is 1. The summed E-state index contributed by atoms with van der Waals surface area (Å²) in [6, 6.07) is 7.20. The lowest BCUT2D eigenvalue weighted by Crippen LogP contribution is -2.49. The number of ether oxygens (including phenoxy) is 1. The zero-order valence-electron chi connectivity index (χ0n) is 12.8. The summed E-state index contributed by atoms with van der Waals surface area (Å²) in [5, 5.41) is 10.7. The van der Waals surface area contributed by atoms with Gasteiger partial charge in [0.25, 0.3) is 0 Å². The molecule has 0 radical (unpaired) electrons. The minimum absolute atomic E-state index is 0. The van der Waals surface area contributed by atoms with E-state index < -0.39 is 6.10 Å². The van der Waals surface area contributed by atoms with Crippen LogP contribution >= 0.6 is 36.4 Å². The van der Waals surface area contributed by atoms with Crippen LogP contribution in [0.25, 0.3) is 0 Å². The second kappa shape index (κ2) is 11.3. The fourth-order valence-electron chi connectivity index (χ4n) is 2.36. The second-order valence-electron chi connectivity index (χ2n) is 5.15. The van der Waals surface area contributed by atoms with Crippen molar-refractivity contribution in [2.75, 3.05) is 45.9 Å². The van der Waals surface area contributed by atoms with Crippen LogP contribution in [0.4, 0.5) is 0 Å². The van der Waals surface area contributed by atoms with E-state index >= 15 is 0 Å². The number of β-amino-alcohol motifs (C(OH)–C–C–N with tert-alkyl or cyclic N) is 1. The largest absolute Gasteiger partial charge is 0.491 e. The maximum absolute atomic E-state index is 10.0. The highest BCUT2D eigenvalue weighted by atomic mass is 35.5. The standard InChI is InChI=1S/C15H23ClN2O2.2ClH/c1-2-17-7-9-18(10-8-17)11-14(19)12-20-15-5-3-13(16)4-6-15;;/h3-6,14,19H,2,7-12H2,1H3;2*1H. The number of likely N-dealkylation sites (N-methyl/N-ethyl adjacent to an activating group) is 1. The molecule has 0 saturated carbocycles. The van der Waals surface area contributed by atoms with Gasteiger partial charge in [0.15, 0.2) is 0 Å². The average Bonchev–Trinajstić information content (AvgIpc) is 2.47.